The summed E-state index contributed by atoms with van der Waals surface area (Å²) >= 11 is 0. The molecule has 0 saturated heterocycles. The summed E-state index contributed by atoms with van der Waals surface area (Å²) in [5.74, 6) is 3.15. The molecule has 124 valence electrons. The summed E-state index contributed by atoms with van der Waals surface area (Å²) in [6.45, 7) is 5.50. The molecule has 2 saturated carbocycles. The van der Waals surface area contributed by atoms with Crippen molar-refractivity contribution < 1.29 is 4.74 Å². The van der Waals surface area contributed by atoms with Gasteiger partial charge in [0, 0.05) is 6.61 Å². The quantitative estimate of drug-likeness (QED) is 0.473. The largest absolute Gasteiger partial charge is 0.378 e. The molecule has 0 heterocycles. The highest BCUT2D eigenvalue weighted by Gasteiger charge is 2.30. The molecule has 0 aromatic heterocycles. The highest BCUT2D eigenvalue weighted by atomic mass is 16.5. The Kier molecular flexibility index (Phi) is 8.14. The van der Waals surface area contributed by atoms with E-state index in [1.165, 1.54) is 83.5 Å². The normalized spacial score (nSPS) is 34.0. The Labute approximate surface area is 133 Å². The van der Waals surface area contributed by atoms with Crippen LogP contribution in [0.15, 0.2) is 0 Å². The molecule has 1 nitrogen and oxygen atoms in total. The molecule has 0 bridgehead atoms. The topological polar surface area (TPSA) is 9.23 Å². The average Bonchev–Trinajstić information content (AvgIpc) is 2.54. The number of unbranched alkanes of at least 4 members (excludes halogenated alkanes) is 2. The second-order valence-corrected chi connectivity index (χ2v) is 7.68. The molecule has 21 heavy (non-hydrogen) atoms. The molecule has 2 aliphatic rings. The standard InChI is InChI=1S/C20H38O/c1-3-5-6-7-17-8-10-18(11-9-17)19-12-14-20(15-13-19)21-16-4-2/h17-20H,3-16H2,1-2H3/t17?,18?,19-,20-. The minimum atomic E-state index is 0.589. The van der Waals surface area contributed by atoms with Crippen LogP contribution in [0.25, 0.3) is 0 Å². The Morgan fingerprint density at radius 2 is 1.33 bits per heavy atom. The lowest BCUT2D eigenvalue weighted by atomic mass is 9.70. The van der Waals surface area contributed by atoms with Gasteiger partial charge in [-0.15, -0.1) is 0 Å². The molecule has 0 N–H and O–H groups in total. The summed E-state index contributed by atoms with van der Waals surface area (Å²) in [6, 6.07) is 0. The lowest BCUT2D eigenvalue weighted by Crippen LogP contribution is -2.28. The Morgan fingerprint density at radius 3 is 1.90 bits per heavy atom. The van der Waals surface area contributed by atoms with Crippen molar-refractivity contribution >= 4 is 0 Å². The van der Waals surface area contributed by atoms with Crippen LogP contribution in [-0.2, 0) is 4.74 Å². The third-order valence-corrected chi connectivity index (χ3v) is 6.05. The van der Waals surface area contributed by atoms with Gasteiger partial charge in [-0.1, -0.05) is 52.4 Å². The van der Waals surface area contributed by atoms with Gasteiger partial charge in [0.2, 0.25) is 0 Å². The number of hydrogen-bond donors (Lipinski definition) is 0. The summed E-state index contributed by atoms with van der Waals surface area (Å²) in [5.41, 5.74) is 0. The molecule has 0 aliphatic heterocycles. The van der Waals surface area contributed by atoms with Crippen molar-refractivity contribution in [1.29, 1.82) is 0 Å². The zero-order valence-electron chi connectivity index (χ0n) is 14.6. The minimum absolute atomic E-state index is 0.589. The summed E-state index contributed by atoms with van der Waals surface area (Å²) in [4.78, 5) is 0. The van der Waals surface area contributed by atoms with Gasteiger partial charge in [-0.3, -0.25) is 0 Å². The molecule has 0 aromatic carbocycles. The second kappa shape index (κ2) is 9.87. The van der Waals surface area contributed by atoms with Gasteiger partial charge >= 0.3 is 0 Å². The summed E-state index contributed by atoms with van der Waals surface area (Å²) in [7, 11) is 0. The van der Waals surface area contributed by atoms with Gasteiger partial charge in [0.25, 0.3) is 0 Å². The smallest absolute Gasteiger partial charge is 0.0575 e. The number of rotatable bonds is 8. The molecule has 2 rings (SSSR count). The molecule has 0 atom stereocenters. The number of ether oxygens (including phenoxy) is 1. The predicted octanol–water partition coefficient (Wildman–Crippen LogP) is 6.36. The Morgan fingerprint density at radius 1 is 0.714 bits per heavy atom. The van der Waals surface area contributed by atoms with Gasteiger partial charge in [-0.25, -0.2) is 0 Å². The average molecular weight is 295 g/mol. The van der Waals surface area contributed by atoms with Gasteiger partial charge in [-0.2, -0.15) is 0 Å². The fourth-order valence-electron chi connectivity index (χ4n) is 4.64. The van der Waals surface area contributed by atoms with Gasteiger partial charge in [0.15, 0.2) is 0 Å². The van der Waals surface area contributed by atoms with Crippen molar-refractivity contribution in [3.8, 4) is 0 Å². The monoisotopic (exact) mass is 294 g/mol. The lowest BCUT2D eigenvalue weighted by molar-refractivity contribution is 0.00726. The molecule has 0 unspecified atom stereocenters. The van der Waals surface area contributed by atoms with E-state index < -0.39 is 0 Å². The first-order valence-corrected chi connectivity index (χ1v) is 9.95. The molecule has 2 aliphatic carbocycles. The SMILES string of the molecule is CCCCCC1CCC([C@H]2CC[C@H](OCCC)CC2)CC1. The maximum absolute atomic E-state index is 5.94. The minimum Gasteiger partial charge on any atom is -0.378 e. The van der Waals surface area contributed by atoms with E-state index in [0.717, 1.165) is 24.4 Å². The Balaban J connectivity index is 1.60. The van der Waals surface area contributed by atoms with E-state index in [-0.39, 0.29) is 0 Å². The van der Waals surface area contributed by atoms with Gasteiger partial charge in [0.1, 0.15) is 0 Å². The van der Waals surface area contributed by atoms with Crippen molar-refractivity contribution in [2.24, 2.45) is 17.8 Å². The van der Waals surface area contributed by atoms with Gasteiger partial charge in [-0.05, 0) is 62.7 Å². The zero-order chi connectivity index (χ0) is 14.9. The second-order valence-electron chi connectivity index (χ2n) is 7.68. The van der Waals surface area contributed by atoms with E-state index >= 15 is 0 Å². The van der Waals surface area contributed by atoms with Crippen molar-refractivity contribution in [3.05, 3.63) is 0 Å². The van der Waals surface area contributed by atoms with E-state index in [1.54, 1.807) is 0 Å². The molecular formula is C20H38O. The first-order valence-electron chi connectivity index (χ1n) is 9.95. The van der Waals surface area contributed by atoms with Crippen molar-refractivity contribution in [1.82, 2.24) is 0 Å². The number of hydrogen-bond acceptors (Lipinski definition) is 1. The molecule has 0 radical (unpaired) electrons. The van der Waals surface area contributed by atoms with Crippen LogP contribution in [0.1, 0.15) is 97.3 Å². The van der Waals surface area contributed by atoms with Crippen LogP contribution in [0.3, 0.4) is 0 Å². The molecule has 1 heteroatoms. The fourth-order valence-corrected chi connectivity index (χ4v) is 4.64. The van der Waals surface area contributed by atoms with E-state index in [1.807, 2.05) is 0 Å². The van der Waals surface area contributed by atoms with Gasteiger partial charge < -0.3 is 4.74 Å². The van der Waals surface area contributed by atoms with Crippen LogP contribution in [0.2, 0.25) is 0 Å². The highest BCUT2D eigenvalue weighted by molar-refractivity contribution is 4.82. The van der Waals surface area contributed by atoms with Crippen molar-refractivity contribution in [3.63, 3.8) is 0 Å². The van der Waals surface area contributed by atoms with Crippen LogP contribution in [0.4, 0.5) is 0 Å². The molecule has 0 aromatic rings. The molecule has 0 spiro atoms. The third kappa shape index (κ3) is 5.93. The Bertz CT molecular complexity index is 247. The first kappa shape index (κ1) is 17.3. The zero-order valence-corrected chi connectivity index (χ0v) is 14.6. The molecule has 2 fully saturated rings. The van der Waals surface area contributed by atoms with Crippen molar-refractivity contribution in [2.75, 3.05) is 6.61 Å². The van der Waals surface area contributed by atoms with E-state index in [4.69, 9.17) is 4.74 Å². The maximum atomic E-state index is 5.94. The predicted molar refractivity (Wildman–Crippen MR) is 91.6 cm³/mol. The van der Waals surface area contributed by atoms with Crippen LogP contribution >= 0.6 is 0 Å². The maximum Gasteiger partial charge on any atom is 0.0575 e. The van der Waals surface area contributed by atoms with Crippen molar-refractivity contribution in [2.45, 2.75) is 103 Å². The Hall–Kier alpha value is -0.0400. The van der Waals surface area contributed by atoms with Gasteiger partial charge in [0.05, 0.1) is 6.10 Å². The summed E-state index contributed by atoms with van der Waals surface area (Å²) in [6.07, 6.45) is 19.2. The fraction of sp³-hybridized carbons (Fsp3) is 1.00. The lowest BCUT2D eigenvalue weighted by Gasteiger charge is -2.37. The van der Waals surface area contributed by atoms with E-state index in [0.29, 0.717) is 6.10 Å². The van der Waals surface area contributed by atoms with Crippen LogP contribution < -0.4 is 0 Å². The van der Waals surface area contributed by atoms with Crippen LogP contribution in [-0.4, -0.2) is 12.7 Å². The summed E-state index contributed by atoms with van der Waals surface area (Å²) in [5, 5.41) is 0. The molecule has 0 amide bonds. The first-order chi connectivity index (χ1) is 10.3. The van der Waals surface area contributed by atoms with Crippen LogP contribution in [0, 0.1) is 17.8 Å². The molecular weight excluding hydrogens is 256 g/mol. The van der Waals surface area contributed by atoms with E-state index in [2.05, 4.69) is 13.8 Å². The highest BCUT2D eigenvalue weighted by Crippen LogP contribution is 2.41. The van der Waals surface area contributed by atoms with E-state index in [9.17, 15) is 0 Å². The third-order valence-electron chi connectivity index (χ3n) is 6.05. The van der Waals surface area contributed by atoms with Crippen LogP contribution in [0.5, 0.6) is 0 Å². The summed E-state index contributed by atoms with van der Waals surface area (Å²) < 4.78 is 5.94.